The molecule has 0 amide bonds. The molecule has 1 aromatic carbocycles. The molecule has 0 fully saturated rings. The molecule has 4 heteroatoms. The molecule has 2 unspecified atom stereocenters. The topological polar surface area (TPSA) is 47.3 Å². The molecule has 0 saturated carbocycles. The first kappa shape index (κ1) is 11.7. The lowest BCUT2D eigenvalue weighted by molar-refractivity contribution is 0.301. The molecule has 0 spiro atoms. The molecule has 2 atom stereocenters. The van der Waals surface area contributed by atoms with E-state index in [2.05, 4.69) is 35.9 Å². The molecule has 1 aliphatic heterocycles. The number of hydrazine groups is 1. The molecule has 3 nitrogen and oxygen atoms in total. The summed E-state index contributed by atoms with van der Waals surface area (Å²) in [5.74, 6) is 7.04. The van der Waals surface area contributed by atoms with Gasteiger partial charge in [0.1, 0.15) is 5.75 Å². The molecule has 0 saturated heterocycles. The fourth-order valence-electron chi connectivity index (χ4n) is 2.54. The molecule has 1 aromatic heterocycles. The molecule has 18 heavy (non-hydrogen) atoms. The van der Waals surface area contributed by atoms with Crippen LogP contribution in [-0.4, -0.2) is 6.61 Å². The van der Waals surface area contributed by atoms with Crippen molar-refractivity contribution in [2.75, 3.05) is 6.61 Å². The molecular formula is C14H16N2OS. The highest BCUT2D eigenvalue weighted by atomic mass is 32.1. The number of rotatable bonds is 3. The van der Waals surface area contributed by atoms with E-state index in [1.807, 2.05) is 12.1 Å². The minimum Gasteiger partial charge on any atom is -0.493 e. The zero-order chi connectivity index (χ0) is 12.5. The lowest BCUT2D eigenvalue weighted by atomic mass is 9.91. The minimum atomic E-state index is 0.119. The van der Waals surface area contributed by atoms with Gasteiger partial charge in [-0.05, 0) is 30.0 Å². The SMILES string of the molecule is Cc1ccsc1C(NN)C1COc2ccccc21. The monoisotopic (exact) mass is 260 g/mol. The first-order valence-corrected chi connectivity index (χ1v) is 6.91. The lowest BCUT2D eigenvalue weighted by Gasteiger charge is -2.21. The van der Waals surface area contributed by atoms with Gasteiger partial charge in [-0.15, -0.1) is 11.3 Å². The van der Waals surface area contributed by atoms with Crippen LogP contribution in [0.4, 0.5) is 0 Å². The number of aryl methyl sites for hydroxylation is 1. The molecule has 94 valence electrons. The van der Waals surface area contributed by atoms with E-state index in [4.69, 9.17) is 10.6 Å². The van der Waals surface area contributed by atoms with E-state index in [-0.39, 0.29) is 12.0 Å². The second-order valence-corrected chi connectivity index (χ2v) is 5.52. The van der Waals surface area contributed by atoms with Crippen molar-refractivity contribution >= 4 is 11.3 Å². The Morgan fingerprint density at radius 3 is 2.94 bits per heavy atom. The summed E-state index contributed by atoms with van der Waals surface area (Å²) in [7, 11) is 0. The maximum absolute atomic E-state index is 5.77. The van der Waals surface area contributed by atoms with E-state index in [1.54, 1.807) is 11.3 Å². The lowest BCUT2D eigenvalue weighted by Crippen LogP contribution is -2.33. The van der Waals surface area contributed by atoms with Crippen molar-refractivity contribution in [2.45, 2.75) is 18.9 Å². The summed E-state index contributed by atoms with van der Waals surface area (Å²) in [6.07, 6.45) is 0. The number of benzene rings is 1. The Labute approximate surface area is 111 Å². The van der Waals surface area contributed by atoms with E-state index in [1.165, 1.54) is 16.0 Å². The van der Waals surface area contributed by atoms with Gasteiger partial charge in [-0.2, -0.15) is 0 Å². The van der Waals surface area contributed by atoms with Crippen LogP contribution in [0.1, 0.15) is 28.0 Å². The number of para-hydroxylation sites is 1. The number of nitrogens with two attached hydrogens (primary N) is 1. The van der Waals surface area contributed by atoms with Crippen LogP contribution >= 0.6 is 11.3 Å². The zero-order valence-corrected chi connectivity index (χ0v) is 11.0. The van der Waals surface area contributed by atoms with Crippen LogP contribution in [0.25, 0.3) is 0 Å². The van der Waals surface area contributed by atoms with Gasteiger partial charge in [0.25, 0.3) is 0 Å². The van der Waals surface area contributed by atoms with Crippen LogP contribution in [-0.2, 0) is 0 Å². The average Bonchev–Trinajstić information content (AvgIpc) is 2.99. The Bertz CT molecular complexity index is 552. The molecule has 0 bridgehead atoms. The van der Waals surface area contributed by atoms with E-state index < -0.39 is 0 Å². The molecule has 2 aromatic rings. The van der Waals surface area contributed by atoms with E-state index in [0.29, 0.717) is 6.61 Å². The van der Waals surface area contributed by atoms with Gasteiger partial charge in [0, 0.05) is 16.4 Å². The van der Waals surface area contributed by atoms with Gasteiger partial charge in [-0.3, -0.25) is 11.3 Å². The number of ether oxygens (including phenoxy) is 1. The van der Waals surface area contributed by atoms with Crippen molar-refractivity contribution in [3.05, 3.63) is 51.7 Å². The van der Waals surface area contributed by atoms with Crippen LogP contribution in [0.3, 0.4) is 0 Å². The van der Waals surface area contributed by atoms with Gasteiger partial charge in [0.15, 0.2) is 0 Å². The van der Waals surface area contributed by atoms with Crippen molar-refractivity contribution in [1.82, 2.24) is 5.43 Å². The van der Waals surface area contributed by atoms with Gasteiger partial charge in [-0.25, -0.2) is 0 Å². The number of thiophene rings is 1. The highest BCUT2D eigenvalue weighted by Crippen LogP contribution is 2.42. The van der Waals surface area contributed by atoms with Gasteiger partial charge < -0.3 is 4.74 Å². The Balaban J connectivity index is 1.98. The van der Waals surface area contributed by atoms with Crippen molar-refractivity contribution in [3.8, 4) is 5.75 Å². The Kier molecular flexibility index (Phi) is 3.07. The Morgan fingerprint density at radius 1 is 1.39 bits per heavy atom. The summed E-state index contributed by atoms with van der Waals surface area (Å²) in [6.45, 7) is 2.81. The molecule has 1 aliphatic rings. The van der Waals surface area contributed by atoms with Crippen molar-refractivity contribution in [2.24, 2.45) is 5.84 Å². The van der Waals surface area contributed by atoms with E-state index >= 15 is 0 Å². The third-order valence-electron chi connectivity index (χ3n) is 3.50. The van der Waals surface area contributed by atoms with Crippen molar-refractivity contribution < 1.29 is 4.74 Å². The normalized spacial score (nSPS) is 19.3. The Morgan fingerprint density at radius 2 is 2.22 bits per heavy atom. The van der Waals surface area contributed by atoms with E-state index in [0.717, 1.165) is 5.75 Å². The van der Waals surface area contributed by atoms with Crippen LogP contribution in [0.2, 0.25) is 0 Å². The molecule has 3 rings (SSSR count). The highest BCUT2D eigenvalue weighted by molar-refractivity contribution is 7.10. The summed E-state index contributed by atoms with van der Waals surface area (Å²) in [6, 6.07) is 10.4. The summed E-state index contributed by atoms with van der Waals surface area (Å²) >= 11 is 1.75. The summed E-state index contributed by atoms with van der Waals surface area (Å²) in [4.78, 5) is 1.29. The number of hydrogen-bond donors (Lipinski definition) is 2. The largest absolute Gasteiger partial charge is 0.493 e. The van der Waals surface area contributed by atoms with Crippen LogP contribution < -0.4 is 16.0 Å². The predicted octanol–water partition coefficient (Wildman–Crippen LogP) is 2.74. The van der Waals surface area contributed by atoms with Gasteiger partial charge in [0.2, 0.25) is 0 Å². The molecule has 0 radical (unpaired) electrons. The maximum atomic E-state index is 5.77. The minimum absolute atomic E-state index is 0.119. The predicted molar refractivity (Wildman–Crippen MR) is 73.8 cm³/mol. The van der Waals surface area contributed by atoms with Crippen LogP contribution in [0.15, 0.2) is 35.7 Å². The second kappa shape index (κ2) is 4.72. The summed E-state index contributed by atoms with van der Waals surface area (Å²) in [5.41, 5.74) is 5.49. The number of nitrogens with one attached hydrogen (secondary N) is 1. The number of fused-ring (bicyclic) bond motifs is 1. The zero-order valence-electron chi connectivity index (χ0n) is 10.2. The standard InChI is InChI=1S/C14H16N2OS/c1-9-6-7-18-14(9)13(16-15)11-8-17-12-5-3-2-4-10(11)12/h2-7,11,13,16H,8,15H2,1H3. The van der Waals surface area contributed by atoms with Gasteiger partial charge in [-0.1, -0.05) is 18.2 Å². The first-order valence-electron chi connectivity index (χ1n) is 6.03. The van der Waals surface area contributed by atoms with Crippen LogP contribution in [0.5, 0.6) is 5.75 Å². The quantitative estimate of drug-likeness (QED) is 0.659. The molecular weight excluding hydrogens is 244 g/mol. The van der Waals surface area contributed by atoms with E-state index in [9.17, 15) is 0 Å². The highest BCUT2D eigenvalue weighted by Gasteiger charge is 2.32. The second-order valence-electron chi connectivity index (χ2n) is 4.57. The maximum Gasteiger partial charge on any atom is 0.122 e. The first-order chi connectivity index (χ1) is 8.81. The van der Waals surface area contributed by atoms with Gasteiger partial charge >= 0.3 is 0 Å². The molecule has 2 heterocycles. The summed E-state index contributed by atoms with van der Waals surface area (Å²) < 4.78 is 5.74. The number of hydrogen-bond acceptors (Lipinski definition) is 4. The molecule has 0 aliphatic carbocycles. The fourth-order valence-corrected chi connectivity index (χ4v) is 3.59. The molecule has 3 N–H and O–H groups in total. The fraction of sp³-hybridized carbons (Fsp3) is 0.286. The van der Waals surface area contributed by atoms with Crippen molar-refractivity contribution in [1.29, 1.82) is 0 Å². The Hall–Kier alpha value is -1.36. The average molecular weight is 260 g/mol. The van der Waals surface area contributed by atoms with Crippen LogP contribution in [0, 0.1) is 6.92 Å². The third kappa shape index (κ3) is 1.82. The summed E-state index contributed by atoms with van der Waals surface area (Å²) in [5, 5.41) is 2.11. The third-order valence-corrected chi connectivity index (χ3v) is 4.60. The van der Waals surface area contributed by atoms with Crippen molar-refractivity contribution in [3.63, 3.8) is 0 Å². The smallest absolute Gasteiger partial charge is 0.122 e. The van der Waals surface area contributed by atoms with Gasteiger partial charge in [0.05, 0.1) is 12.6 Å².